The summed E-state index contributed by atoms with van der Waals surface area (Å²) in [5.41, 5.74) is -0.178. The van der Waals surface area contributed by atoms with Gasteiger partial charge in [0.15, 0.2) is 5.82 Å². The van der Waals surface area contributed by atoms with E-state index in [9.17, 15) is 14.6 Å². The van der Waals surface area contributed by atoms with Gasteiger partial charge in [0.2, 0.25) is 0 Å². The molecule has 8 nitrogen and oxygen atoms in total. The van der Waals surface area contributed by atoms with Gasteiger partial charge >= 0.3 is 6.01 Å². The minimum Gasteiger partial charge on any atom is -0.508 e. The zero-order chi connectivity index (χ0) is 24.7. The lowest BCUT2D eigenvalue weighted by molar-refractivity contribution is 0.00341. The predicted molar refractivity (Wildman–Crippen MR) is 125 cm³/mol. The normalized spacial score (nSPS) is 16.0. The smallest absolute Gasteiger partial charge is 0.318 e. The van der Waals surface area contributed by atoms with Gasteiger partial charge < -0.3 is 24.6 Å². The first-order valence-corrected chi connectivity index (χ1v) is 10.7. The number of hydrogen-bond acceptors (Lipinski definition) is 8. The number of aliphatic hydroxyl groups is 1. The van der Waals surface area contributed by atoms with E-state index in [1.165, 1.54) is 37.6 Å². The third-order valence-corrected chi connectivity index (χ3v) is 5.92. The van der Waals surface area contributed by atoms with Crippen LogP contribution in [-0.4, -0.2) is 64.7 Å². The fourth-order valence-electron chi connectivity index (χ4n) is 4.32. The monoisotopic (exact) mass is 478 g/mol. The Morgan fingerprint density at radius 2 is 2.11 bits per heavy atom. The van der Waals surface area contributed by atoms with E-state index in [2.05, 4.69) is 20.9 Å². The van der Waals surface area contributed by atoms with Crippen LogP contribution in [0.25, 0.3) is 32.9 Å². The van der Waals surface area contributed by atoms with Crippen LogP contribution in [0.1, 0.15) is 5.56 Å². The minimum absolute atomic E-state index is 0.0632. The van der Waals surface area contributed by atoms with Crippen LogP contribution < -0.4 is 9.64 Å². The number of methoxy groups -OCH3 is 1. The third-order valence-electron chi connectivity index (χ3n) is 5.92. The van der Waals surface area contributed by atoms with E-state index in [-0.39, 0.29) is 46.1 Å². The summed E-state index contributed by atoms with van der Waals surface area (Å²) in [6, 6.07) is 5.28. The second-order valence-electron chi connectivity index (χ2n) is 8.00. The number of phenolic OH excluding ortho intramolecular Hbond substituents is 1. The van der Waals surface area contributed by atoms with Crippen molar-refractivity contribution in [1.29, 1.82) is 0 Å². The number of terminal acetylenes is 1. The van der Waals surface area contributed by atoms with Crippen molar-refractivity contribution in [3.63, 3.8) is 0 Å². The van der Waals surface area contributed by atoms with E-state index in [1.54, 1.807) is 0 Å². The molecule has 1 aliphatic heterocycles. The van der Waals surface area contributed by atoms with Gasteiger partial charge in [-0.2, -0.15) is 9.97 Å². The maximum atomic E-state index is 16.0. The molecule has 0 saturated carbocycles. The number of aromatic nitrogens is 3. The van der Waals surface area contributed by atoms with E-state index < -0.39 is 17.7 Å². The molecule has 0 radical (unpaired) electrons. The molecular weight excluding hydrogens is 458 g/mol. The van der Waals surface area contributed by atoms with Crippen LogP contribution in [0.3, 0.4) is 0 Å². The summed E-state index contributed by atoms with van der Waals surface area (Å²) in [5.74, 6) is 1.07. The number of aromatic hydroxyl groups is 1. The highest BCUT2D eigenvalue weighted by molar-refractivity contribution is 6.03. The van der Waals surface area contributed by atoms with Crippen LogP contribution in [0.15, 0.2) is 30.5 Å². The first kappa shape index (κ1) is 22.7. The average Bonchev–Trinajstić information content (AvgIpc) is 2.88. The van der Waals surface area contributed by atoms with Crippen LogP contribution in [0, 0.1) is 24.0 Å². The Balaban J connectivity index is 1.77. The van der Waals surface area contributed by atoms with Gasteiger partial charge in [0, 0.05) is 30.2 Å². The van der Waals surface area contributed by atoms with Gasteiger partial charge in [-0.15, -0.1) is 6.42 Å². The Bertz CT molecular complexity index is 1510. The minimum atomic E-state index is -0.810. The van der Waals surface area contributed by atoms with Gasteiger partial charge in [0.25, 0.3) is 0 Å². The topological polar surface area (TPSA) is 101 Å². The van der Waals surface area contributed by atoms with E-state index in [0.29, 0.717) is 36.3 Å². The summed E-state index contributed by atoms with van der Waals surface area (Å²) in [6.07, 6.45) is 6.55. The van der Waals surface area contributed by atoms with Crippen molar-refractivity contribution < 1.29 is 28.5 Å². The number of morpholine rings is 1. The first-order valence-electron chi connectivity index (χ1n) is 10.7. The molecule has 2 aromatic carbocycles. The molecule has 1 saturated heterocycles. The van der Waals surface area contributed by atoms with E-state index in [4.69, 9.17) is 15.9 Å². The highest BCUT2D eigenvalue weighted by Crippen LogP contribution is 2.38. The molecule has 5 rings (SSSR count). The van der Waals surface area contributed by atoms with Crippen LogP contribution in [0.4, 0.5) is 14.6 Å². The fraction of sp³-hybridized carbons (Fsp3) is 0.240. The molecule has 1 fully saturated rings. The molecule has 0 bridgehead atoms. The van der Waals surface area contributed by atoms with Gasteiger partial charge in [-0.1, -0.05) is 12.0 Å². The molecular formula is C25H20F2N4O4. The summed E-state index contributed by atoms with van der Waals surface area (Å²) < 4.78 is 41.3. The third kappa shape index (κ3) is 3.84. The first-order chi connectivity index (χ1) is 16.9. The van der Waals surface area contributed by atoms with Gasteiger partial charge in [0.05, 0.1) is 37.4 Å². The van der Waals surface area contributed by atoms with Gasteiger partial charge in [-0.3, -0.25) is 4.98 Å². The van der Waals surface area contributed by atoms with Crippen LogP contribution in [0.5, 0.6) is 11.8 Å². The summed E-state index contributed by atoms with van der Waals surface area (Å²) in [7, 11) is 1.37. The van der Waals surface area contributed by atoms with Gasteiger partial charge in [-0.25, -0.2) is 8.78 Å². The summed E-state index contributed by atoms with van der Waals surface area (Å²) in [6.45, 7) is 0.961. The number of aliphatic hydroxyl groups excluding tert-OH is 1. The number of ether oxygens (including phenoxy) is 2. The second kappa shape index (κ2) is 8.94. The number of benzene rings is 2. The van der Waals surface area contributed by atoms with Crippen molar-refractivity contribution in [3.8, 4) is 35.4 Å². The Hall–Kier alpha value is -4.07. The molecule has 10 heteroatoms. The standard InChI is InChI=1S/C25H20F2N4O4/c1-3-16-19(26)5-4-13-8-14(33)9-17(20(13)16)22-21(27)23-18(10-28-22)24(30-25(29-23)34-2)31-6-7-35-15(11-31)12-32/h1,4-5,8-10,15,32-33H,6-7,11-12H2,2H3. The average molecular weight is 478 g/mol. The number of nitrogens with zero attached hydrogens (tertiary/aromatic N) is 4. The number of hydrogen-bond donors (Lipinski definition) is 2. The van der Waals surface area contributed by atoms with Crippen molar-refractivity contribution in [2.75, 3.05) is 38.3 Å². The van der Waals surface area contributed by atoms with E-state index >= 15 is 4.39 Å². The summed E-state index contributed by atoms with van der Waals surface area (Å²) >= 11 is 0. The maximum Gasteiger partial charge on any atom is 0.318 e. The summed E-state index contributed by atoms with van der Waals surface area (Å²) in [4.78, 5) is 14.8. The maximum absolute atomic E-state index is 16.0. The molecule has 1 atom stereocenters. The molecule has 2 aromatic heterocycles. The number of rotatable bonds is 4. The number of anilines is 1. The lowest BCUT2D eigenvalue weighted by Crippen LogP contribution is -2.44. The Morgan fingerprint density at radius 1 is 1.29 bits per heavy atom. The molecule has 1 aliphatic rings. The van der Waals surface area contributed by atoms with Crippen molar-refractivity contribution in [2.45, 2.75) is 6.10 Å². The SMILES string of the molecule is C#Cc1c(F)ccc2cc(O)cc(-c3ncc4c(N5CCOC(CO)C5)nc(OC)nc4c3F)c12. The fourth-order valence-corrected chi connectivity index (χ4v) is 4.32. The van der Waals surface area contributed by atoms with Crippen molar-refractivity contribution in [2.24, 2.45) is 0 Å². The van der Waals surface area contributed by atoms with Crippen molar-refractivity contribution in [1.82, 2.24) is 15.0 Å². The lowest BCUT2D eigenvalue weighted by Gasteiger charge is -2.33. The lowest BCUT2D eigenvalue weighted by atomic mass is 9.96. The highest BCUT2D eigenvalue weighted by atomic mass is 19.1. The van der Waals surface area contributed by atoms with Gasteiger partial charge in [0.1, 0.15) is 28.6 Å². The predicted octanol–water partition coefficient (Wildman–Crippen LogP) is 3.02. The van der Waals surface area contributed by atoms with E-state index in [1.807, 2.05) is 4.90 Å². The summed E-state index contributed by atoms with van der Waals surface area (Å²) in [5, 5.41) is 20.8. The van der Waals surface area contributed by atoms with Crippen LogP contribution >= 0.6 is 0 Å². The quantitative estimate of drug-likeness (QED) is 0.432. The zero-order valence-corrected chi connectivity index (χ0v) is 18.6. The van der Waals surface area contributed by atoms with Crippen molar-refractivity contribution in [3.05, 3.63) is 47.7 Å². The molecule has 4 aromatic rings. The molecule has 0 spiro atoms. The number of pyridine rings is 1. The molecule has 0 aliphatic carbocycles. The molecule has 1 unspecified atom stereocenters. The number of phenols is 1. The Morgan fingerprint density at radius 3 is 2.86 bits per heavy atom. The van der Waals surface area contributed by atoms with Crippen LogP contribution in [-0.2, 0) is 4.74 Å². The van der Waals surface area contributed by atoms with E-state index in [0.717, 1.165) is 0 Å². The number of halogens is 2. The van der Waals surface area contributed by atoms with Crippen LogP contribution in [0.2, 0.25) is 0 Å². The number of fused-ring (bicyclic) bond motifs is 2. The highest BCUT2D eigenvalue weighted by Gasteiger charge is 2.26. The second-order valence-corrected chi connectivity index (χ2v) is 8.00. The molecule has 0 amide bonds. The van der Waals surface area contributed by atoms with Crippen molar-refractivity contribution >= 4 is 27.5 Å². The molecule has 35 heavy (non-hydrogen) atoms. The largest absolute Gasteiger partial charge is 0.508 e. The molecule has 178 valence electrons. The zero-order valence-electron chi connectivity index (χ0n) is 18.6. The Kier molecular flexibility index (Phi) is 5.80. The van der Waals surface area contributed by atoms with Gasteiger partial charge in [-0.05, 0) is 23.6 Å². The molecule has 2 N–H and O–H groups in total. The Labute approximate surface area is 198 Å². The molecule has 3 heterocycles.